The summed E-state index contributed by atoms with van der Waals surface area (Å²) in [7, 11) is -3.76. The number of rotatable bonds is 5. The number of aromatic amines is 1. The molecule has 0 aliphatic heterocycles. The molecule has 7 nitrogen and oxygen atoms in total. The number of anilines is 1. The first-order valence-corrected chi connectivity index (χ1v) is 9.79. The van der Waals surface area contributed by atoms with Gasteiger partial charge in [-0.05, 0) is 37.5 Å². The number of nitrogens with one attached hydrogen (secondary N) is 2. The minimum absolute atomic E-state index is 0.191. The average Bonchev–Trinajstić information content (AvgIpc) is 3.10. The zero-order valence-electron chi connectivity index (χ0n) is 15.4. The predicted molar refractivity (Wildman–Crippen MR) is 99.6 cm³/mol. The summed E-state index contributed by atoms with van der Waals surface area (Å²) in [4.78, 5) is 3.23. The lowest BCUT2D eigenvalue weighted by Crippen LogP contribution is -2.14. The van der Waals surface area contributed by atoms with Crippen molar-refractivity contribution in [1.29, 1.82) is 0 Å². The first-order valence-electron chi connectivity index (χ1n) is 8.31. The Morgan fingerprint density at radius 3 is 2.27 bits per heavy atom. The molecule has 0 saturated carbocycles. The molecule has 0 radical (unpaired) electrons. The van der Waals surface area contributed by atoms with Crippen molar-refractivity contribution >= 4 is 15.7 Å². The van der Waals surface area contributed by atoms with Crippen molar-refractivity contribution in [3.63, 3.8) is 0 Å². The van der Waals surface area contributed by atoms with E-state index in [0.717, 1.165) is 5.56 Å². The molecule has 3 rings (SSSR count). The molecule has 0 spiro atoms. The monoisotopic (exact) mass is 374 g/mol. The first kappa shape index (κ1) is 18.2. The van der Waals surface area contributed by atoms with Crippen LogP contribution >= 0.6 is 0 Å². The van der Waals surface area contributed by atoms with Crippen molar-refractivity contribution in [3.05, 3.63) is 47.0 Å². The average molecular weight is 374 g/mol. The Morgan fingerprint density at radius 1 is 1.08 bits per heavy atom. The Morgan fingerprint density at radius 2 is 1.73 bits per heavy atom. The van der Waals surface area contributed by atoms with Gasteiger partial charge in [0.05, 0.1) is 0 Å². The fourth-order valence-corrected chi connectivity index (χ4v) is 4.40. The van der Waals surface area contributed by atoms with Gasteiger partial charge in [-0.3, -0.25) is 4.72 Å². The molecule has 0 bridgehead atoms. The van der Waals surface area contributed by atoms with Crippen LogP contribution in [-0.4, -0.2) is 23.6 Å². The first-order chi connectivity index (χ1) is 12.2. The molecule has 1 aromatic carbocycles. The van der Waals surface area contributed by atoms with Crippen LogP contribution in [0.4, 0.5) is 5.69 Å². The van der Waals surface area contributed by atoms with Crippen LogP contribution in [0.5, 0.6) is 0 Å². The Kier molecular flexibility index (Phi) is 4.62. The van der Waals surface area contributed by atoms with Crippen LogP contribution in [0.25, 0.3) is 11.6 Å². The third kappa shape index (κ3) is 3.37. The molecule has 0 atom stereocenters. The van der Waals surface area contributed by atoms with Gasteiger partial charge in [-0.15, -0.1) is 10.2 Å². The molecule has 0 saturated heterocycles. The van der Waals surface area contributed by atoms with Crippen molar-refractivity contribution in [2.75, 3.05) is 4.72 Å². The third-order valence-electron chi connectivity index (χ3n) is 4.21. The molecule has 2 heterocycles. The highest BCUT2D eigenvalue weighted by molar-refractivity contribution is 7.92. The van der Waals surface area contributed by atoms with Gasteiger partial charge in [0.1, 0.15) is 10.6 Å². The molecule has 0 fully saturated rings. The van der Waals surface area contributed by atoms with E-state index in [9.17, 15) is 8.42 Å². The van der Waals surface area contributed by atoms with Crippen molar-refractivity contribution < 1.29 is 12.8 Å². The summed E-state index contributed by atoms with van der Waals surface area (Å²) in [6.45, 7) is 9.28. The summed E-state index contributed by atoms with van der Waals surface area (Å²) in [5.74, 6) is 1.07. The van der Waals surface area contributed by atoms with Crippen LogP contribution in [0.2, 0.25) is 0 Å². The Bertz CT molecular complexity index is 1030. The van der Waals surface area contributed by atoms with Gasteiger partial charge in [0.15, 0.2) is 0 Å². The number of hydrogen-bond acceptors (Lipinski definition) is 5. The van der Waals surface area contributed by atoms with Gasteiger partial charge in [-0.2, -0.15) is 0 Å². The van der Waals surface area contributed by atoms with Gasteiger partial charge in [-0.1, -0.05) is 26.0 Å². The molecular weight excluding hydrogens is 352 g/mol. The van der Waals surface area contributed by atoms with E-state index in [2.05, 4.69) is 33.8 Å². The summed E-state index contributed by atoms with van der Waals surface area (Å²) < 4.78 is 33.9. The molecule has 2 N–H and O–H groups in total. The number of aryl methyl sites for hydroxylation is 2. The van der Waals surface area contributed by atoms with Crippen LogP contribution in [0.15, 0.2) is 33.6 Å². The van der Waals surface area contributed by atoms with Gasteiger partial charge < -0.3 is 9.40 Å². The number of hydrogen-bond donors (Lipinski definition) is 2. The van der Waals surface area contributed by atoms with Gasteiger partial charge in [-0.25, -0.2) is 8.42 Å². The van der Waals surface area contributed by atoms with Crippen molar-refractivity contribution in [3.8, 4) is 11.6 Å². The second-order valence-corrected chi connectivity index (χ2v) is 8.21. The van der Waals surface area contributed by atoms with E-state index in [-0.39, 0.29) is 10.8 Å². The molecule has 138 valence electrons. The van der Waals surface area contributed by atoms with E-state index in [4.69, 9.17) is 4.42 Å². The largest absolute Gasteiger partial charge is 0.420 e. The van der Waals surface area contributed by atoms with E-state index in [1.165, 1.54) is 0 Å². The van der Waals surface area contributed by atoms with Gasteiger partial charge >= 0.3 is 0 Å². The summed E-state index contributed by atoms with van der Waals surface area (Å²) >= 11 is 0. The number of H-pyrrole nitrogens is 1. The summed E-state index contributed by atoms with van der Waals surface area (Å²) in [6.07, 6.45) is 0. The van der Waals surface area contributed by atoms with Crippen molar-refractivity contribution in [1.82, 2.24) is 15.2 Å². The fourth-order valence-electron chi connectivity index (χ4n) is 2.89. The van der Waals surface area contributed by atoms with E-state index >= 15 is 0 Å². The fraction of sp³-hybridized carbons (Fsp3) is 0.333. The van der Waals surface area contributed by atoms with Crippen molar-refractivity contribution in [2.24, 2.45) is 0 Å². The minimum Gasteiger partial charge on any atom is -0.420 e. The smallest absolute Gasteiger partial charge is 0.264 e. The third-order valence-corrected chi connectivity index (χ3v) is 5.86. The Hall–Kier alpha value is -2.61. The molecule has 3 aromatic rings. The Labute approximate surface area is 152 Å². The summed E-state index contributed by atoms with van der Waals surface area (Å²) in [6, 6.07) is 7.39. The van der Waals surface area contributed by atoms with Gasteiger partial charge in [0.25, 0.3) is 15.9 Å². The Balaban J connectivity index is 1.96. The standard InChI is InChI=1S/C18H22N4O3S/c1-10(2)14-6-8-15(9-7-14)22-26(23,24)17-11(3)16(19-12(17)4)18-21-20-13(5)25-18/h6-10,19,22H,1-5H3. The van der Waals surface area contributed by atoms with E-state index in [1.54, 1.807) is 32.9 Å². The van der Waals surface area contributed by atoms with Crippen molar-refractivity contribution in [2.45, 2.75) is 45.4 Å². The minimum atomic E-state index is -3.76. The number of benzene rings is 1. The maximum atomic E-state index is 12.9. The molecule has 0 aliphatic rings. The SMILES string of the molecule is Cc1nnc(-c2[nH]c(C)c(S(=O)(=O)Nc3ccc(C(C)C)cc3)c2C)o1. The van der Waals surface area contributed by atoms with E-state index in [0.29, 0.717) is 34.4 Å². The second kappa shape index (κ2) is 6.60. The van der Waals surface area contributed by atoms with Crippen LogP contribution in [0.1, 0.15) is 42.5 Å². The molecular formula is C18H22N4O3S. The quantitative estimate of drug-likeness (QED) is 0.705. The van der Waals surface area contributed by atoms with E-state index in [1.807, 2.05) is 12.1 Å². The van der Waals surface area contributed by atoms with Crippen LogP contribution in [0, 0.1) is 20.8 Å². The maximum Gasteiger partial charge on any atom is 0.264 e. The lowest BCUT2D eigenvalue weighted by molar-refractivity contribution is 0.531. The van der Waals surface area contributed by atoms with E-state index < -0.39 is 10.0 Å². The van der Waals surface area contributed by atoms with Crippen LogP contribution < -0.4 is 4.72 Å². The zero-order valence-corrected chi connectivity index (χ0v) is 16.2. The normalized spacial score (nSPS) is 11.9. The zero-order chi connectivity index (χ0) is 19.1. The second-order valence-electron chi connectivity index (χ2n) is 6.59. The molecule has 8 heteroatoms. The highest BCUT2D eigenvalue weighted by Gasteiger charge is 2.26. The molecule has 0 unspecified atom stereocenters. The summed E-state index contributed by atoms with van der Waals surface area (Å²) in [5.41, 5.74) is 3.23. The molecule has 0 aliphatic carbocycles. The molecule has 0 amide bonds. The summed E-state index contributed by atoms with van der Waals surface area (Å²) in [5, 5.41) is 7.75. The maximum absolute atomic E-state index is 12.9. The van der Waals surface area contributed by atoms with Gasteiger partial charge in [0, 0.05) is 23.9 Å². The highest BCUT2D eigenvalue weighted by atomic mass is 32.2. The van der Waals surface area contributed by atoms with Crippen LogP contribution in [-0.2, 0) is 10.0 Å². The predicted octanol–water partition coefficient (Wildman–Crippen LogP) is 3.91. The number of nitrogens with zero attached hydrogens (tertiary/aromatic N) is 2. The van der Waals surface area contributed by atoms with Gasteiger partial charge in [0.2, 0.25) is 5.89 Å². The topological polar surface area (TPSA) is 101 Å². The number of sulfonamides is 1. The lowest BCUT2D eigenvalue weighted by atomic mass is 10.0. The van der Waals surface area contributed by atoms with Crippen LogP contribution in [0.3, 0.4) is 0 Å². The molecule has 26 heavy (non-hydrogen) atoms. The lowest BCUT2D eigenvalue weighted by Gasteiger charge is -2.11. The molecule has 2 aromatic heterocycles. The number of aromatic nitrogens is 3. The highest BCUT2D eigenvalue weighted by Crippen LogP contribution is 2.31.